The molecular weight excluding hydrogens is 384 g/mol. The molecule has 0 aromatic heterocycles. The molecule has 2 heterocycles. The molecule has 30 heavy (non-hydrogen) atoms. The van der Waals surface area contributed by atoms with Gasteiger partial charge in [-0.3, -0.25) is 14.5 Å². The van der Waals surface area contributed by atoms with Crippen LogP contribution < -0.4 is 0 Å². The lowest BCUT2D eigenvalue weighted by Gasteiger charge is -2.57. The van der Waals surface area contributed by atoms with Crippen molar-refractivity contribution in [3.8, 4) is 0 Å². The van der Waals surface area contributed by atoms with E-state index in [1.165, 1.54) is 12.0 Å². The highest BCUT2D eigenvalue weighted by molar-refractivity contribution is 5.99. The zero-order valence-electron chi connectivity index (χ0n) is 16.8. The van der Waals surface area contributed by atoms with Gasteiger partial charge < -0.3 is 14.4 Å². The summed E-state index contributed by atoms with van der Waals surface area (Å²) in [7, 11) is 1.29. The van der Waals surface area contributed by atoms with E-state index in [-0.39, 0.29) is 19.1 Å². The van der Waals surface area contributed by atoms with E-state index >= 15 is 0 Å². The number of amides is 2. The third-order valence-electron chi connectivity index (χ3n) is 5.88. The third-order valence-corrected chi connectivity index (χ3v) is 5.88. The lowest BCUT2D eigenvalue weighted by molar-refractivity contribution is -0.177. The molecule has 7 nitrogen and oxygen atoms in total. The van der Waals surface area contributed by atoms with E-state index in [4.69, 9.17) is 9.47 Å². The number of esters is 1. The molecule has 2 aromatic carbocycles. The predicted molar refractivity (Wildman–Crippen MR) is 108 cm³/mol. The van der Waals surface area contributed by atoms with Crippen molar-refractivity contribution >= 4 is 18.0 Å². The zero-order valence-corrected chi connectivity index (χ0v) is 16.8. The Hall–Kier alpha value is -3.35. The largest absolute Gasteiger partial charge is 0.468 e. The van der Waals surface area contributed by atoms with Crippen LogP contribution >= 0.6 is 0 Å². The predicted octanol–water partition coefficient (Wildman–Crippen LogP) is 2.91. The van der Waals surface area contributed by atoms with Gasteiger partial charge in [0.05, 0.1) is 13.2 Å². The second-order valence-electron chi connectivity index (χ2n) is 7.54. The minimum Gasteiger partial charge on any atom is -0.468 e. The average Bonchev–Trinajstić information content (AvgIpc) is 3.25. The number of hydrogen-bond donors (Lipinski definition) is 0. The Kier molecular flexibility index (Phi) is 5.44. The number of carbonyl (C=O) groups excluding carboxylic acids is 3. The molecule has 0 unspecified atom stereocenters. The summed E-state index contributed by atoms with van der Waals surface area (Å²) in [5.41, 5.74) is 0.734. The number of ether oxygens (including phenoxy) is 2. The van der Waals surface area contributed by atoms with Crippen molar-refractivity contribution in [3.05, 3.63) is 71.8 Å². The lowest BCUT2D eigenvalue weighted by atomic mass is 9.73. The Morgan fingerprint density at radius 2 is 1.73 bits per heavy atom. The van der Waals surface area contributed by atoms with E-state index in [9.17, 15) is 14.4 Å². The number of rotatable bonds is 5. The third kappa shape index (κ3) is 3.30. The lowest BCUT2D eigenvalue weighted by Crippen LogP contribution is -2.74. The number of hydrogen-bond acceptors (Lipinski definition) is 5. The molecule has 0 aliphatic carbocycles. The number of β-lactam (4-membered cyclic amide) rings is 1. The zero-order chi connectivity index (χ0) is 21.1. The molecule has 2 aliphatic rings. The van der Waals surface area contributed by atoms with Crippen LogP contribution in [0.4, 0.5) is 4.79 Å². The Labute approximate surface area is 175 Å². The van der Waals surface area contributed by atoms with E-state index < -0.39 is 23.6 Å². The molecule has 0 N–H and O–H groups in total. The van der Waals surface area contributed by atoms with Gasteiger partial charge in [0.25, 0.3) is 5.91 Å². The summed E-state index contributed by atoms with van der Waals surface area (Å²) in [6, 6.07) is 18.5. The van der Waals surface area contributed by atoms with Crippen LogP contribution in [0.15, 0.2) is 60.7 Å². The smallest absolute Gasteiger partial charge is 0.411 e. The Balaban J connectivity index is 1.59. The number of carbonyl (C=O) groups is 3. The van der Waals surface area contributed by atoms with Gasteiger partial charge in [0.15, 0.2) is 0 Å². The maximum absolute atomic E-state index is 13.3. The number of likely N-dealkylation sites (tertiary alicyclic amines) is 2. The van der Waals surface area contributed by atoms with Crippen LogP contribution in [0, 0.1) is 0 Å². The molecule has 4 rings (SSSR count). The van der Waals surface area contributed by atoms with Crippen LogP contribution in [0.2, 0.25) is 0 Å². The van der Waals surface area contributed by atoms with Gasteiger partial charge in [-0.2, -0.15) is 0 Å². The second-order valence-corrected chi connectivity index (χ2v) is 7.54. The molecule has 2 aliphatic heterocycles. The molecule has 1 spiro atoms. The van der Waals surface area contributed by atoms with Gasteiger partial charge in [0.2, 0.25) is 0 Å². The summed E-state index contributed by atoms with van der Waals surface area (Å²) in [5.74, 6) is -0.730. The van der Waals surface area contributed by atoms with E-state index in [2.05, 4.69) is 0 Å². The Bertz CT molecular complexity index is 933. The van der Waals surface area contributed by atoms with E-state index in [0.717, 1.165) is 11.1 Å². The molecule has 0 saturated carbocycles. The fourth-order valence-corrected chi connectivity index (χ4v) is 4.53. The minimum atomic E-state index is -1.02. The molecule has 2 saturated heterocycles. The van der Waals surface area contributed by atoms with Crippen LogP contribution in [0.5, 0.6) is 0 Å². The summed E-state index contributed by atoms with van der Waals surface area (Å²) < 4.78 is 10.3. The standard InChI is InChI=1S/C23H24N2O5/c1-29-19(26)15-24-20(18-11-6-3-7-12-18)23(21(24)27)13-8-14-25(23)22(28)30-16-17-9-4-2-5-10-17/h2-7,9-12,20H,8,13-16H2,1H3/t20-,23+/m1/s1. The summed E-state index contributed by atoms with van der Waals surface area (Å²) in [4.78, 5) is 41.2. The topological polar surface area (TPSA) is 76.2 Å². The number of benzene rings is 2. The van der Waals surface area contributed by atoms with E-state index in [1.54, 1.807) is 4.90 Å². The molecule has 2 aromatic rings. The second kappa shape index (κ2) is 8.18. The number of methoxy groups -OCH3 is 1. The SMILES string of the molecule is COC(=O)CN1C(=O)[C@]2(CCCN2C(=O)OCc2ccccc2)[C@H]1c1ccccc1. The van der Waals surface area contributed by atoms with Gasteiger partial charge in [0.1, 0.15) is 18.7 Å². The van der Waals surface area contributed by atoms with Crippen LogP contribution in [-0.2, 0) is 25.7 Å². The highest BCUT2D eigenvalue weighted by Gasteiger charge is 2.67. The summed E-state index contributed by atoms with van der Waals surface area (Å²) in [5, 5.41) is 0. The average molecular weight is 408 g/mol. The Morgan fingerprint density at radius 1 is 1.07 bits per heavy atom. The van der Waals surface area contributed by atoms with E-state index in [1.807, 2.05) is 60.7 Å². The van der Waals surface area contributed by atoms with Gasteiger partial charge in [-0.1, -0.05) is 60.7 Å². The molecule has 156 valence electrons. The van der Waals surface area contributed by atoms with Gasteiger partial charge in [0, 0.05) is 6.54 Å². The van der Waals surface area contributed by atoms with Crippen molar-refractivity contribution in [1.29, 1.82) is 0 Å². The van der Waals surface area contributed by atoms with Crippen LogP contribution in [0.25, 0.3) is 0 Å². The van der Waals surface area contributed by atoms with Crippen molar-refractivity contribution < 1.29 is 23.9 Å². The first-order valence-electron chi connectivity index (χ1n) is 9.99. The molecule has 2 fully saturated rings. The summed E-state index contributed by atoms with van der Waals surface area (Å²) in [6.07, 6.45) is 0.716. The maximum Gasteiger partial charge on any atom is 0.411 e. The van der Waals surface area contributed by atoms with E-state index in [0.29, 0.717) is 19.4 Å². The minimum absolute atomic E-state index is 0.141. The molecule has 7 heteroatoms. The monoisotopic (exact) mass is 408 g/mol. The summed E-state index contributed by atoms with van der Waals surface area (Å²) >= 11 is 0. The summed E-state index contributed by atoms with van der Waals surface area (Å²) in [6.45, 7) is 0.431. The first-order chi connectivity index (χ1) is 14.6. The molecule has 0 bridgehead atoms. The van der Waals surface area contributed by atoms with Gasteiger partial charge in [-0.25, -0.2) is 4.79 Å². The molecular formula is C23H24N2O5. The first-order valence-corrected chi connectivity index (χ1v) is 9.99. The highest BCUT2D eigenvalue weighted by Crippen LogP contribution is 2.52. The van der Waals surface area contributed by atoms with Gasteiger partial charge in [-0.05, 0) is 24.0 Å². The molecule has 2 atom stereocenters. The Morgan fingerprint density at radius 3 is 2.40 bits per heavy atom. The van der Waals surface area contributed by atoms with Crippen molar-refractivity contribution in [2.45, 2.75) is 31.0 Å². The molecule has 0 radical (unpaired) electrons. The fraction of sp³-hybridized carbons (Fsp3) is 0.348. The van der Waals surface area contributed by atoms with Crippen LogP contribution in [0.3, 0.4) is 0 Å². The molecule has 2 amide bonds. The normalized spacial score (nSPS) is 22.7. The number of nitrogens with zero attached hydrogens (tertiary/aromatic N) is 2. The van der Waals surface area contributed by atoms with Crippen molar-refractivity contribution in [2.24, 2.45) is 0 Å². The van der Waals surface area contributed by atoms with Gasteiger partial charge in [-0.15, -0.1) is 0 Å². The fourth-order valence-electron chi connectivity index (χ4n) is 4.53. The quantitative estimate of drug-likeness (QED) is 0.562. The van der Waals surface area contributed by atoms with Crippen molar-refractivity contribution in [1.82, 2.24) is 9.80 Å². The van der Waals surface area contributed by atoms with Crippen molar-refractivity contribution in [2.75, 3.05) is 20.2 Å². The van der Waals surface area contributed by atoms with Crippen LogP contribution in [-0.4, -0.2) is 53.5 Å². The van der Waals surface area contributed by atoms with Crippen LogP contribution in [0.1, 0.15) is 30.0 Å². The highest BCUT2D eigenvalue weighted by atomic mass is 16.6. The van der Waals surface area contributed by atoms with Gasteiger partial charge >= 0.3 is 12.1 Å². The maximum atomic E-state index is 13.3. The van der Waals surface area contributed by atoms with Crippen molar-refractivity contribution in [3.63, 3.8) is 0 Å². The first kappa shape index (κ1) is 19.9.